The van der Waals surface area contributed by atoms with Crippen LogP contribution in [-0.4, -0.2) is 102 Å². The maximum Gasteiger partial charge on any atom is 0.331 e. The first-order valence-corrected chi connectivity index (χ1v) is 18.7. The van der Waals surface area contributed by atoms with Gasteiger partial charge < -0.3 is 38.9 Å². The van der Waals surface area contributed by atoms with E-state index in [1.807, 2.05) is 25.2 Å². The fourth-order valence-electron chi connectivity index (χ4n) is 8.69. The molecule has 1 aromatic carbocycles. The number of morpholine rings is 1. The molecule has 1 saturated heterocycles. The van der Waals surface area contributed by atoms with Gasteiger partial charge in [-0.1, -0.05) is 36.5 Å². The third-order valence-corrected chi connectivity index (χ3v) is 11.2. The van der Waals surface area contributed by atoms with E-state index in [1.165, 1.54) is 12.1 Å². The third-order valence-electron chi connectivity index (χ3n) is 11.2. The van der Waals surface area contributed by atoms with E-state index in [4.69, 9.17) is 28.7 Å². The largest absolute Gasteiger partial charge is 0.507 e. The quantitative estimate of drug-likeness (QED) is 0.117. The van der Waals surface area contributed by atoms with Crippen LogP contribution in [0.1, 0.15) is 75.4 Å². The molecule has 8 rings (SSSR count). The Labute approximate surface area is 316 Å². The highest BCUT2D eigenvalue weighted by Crippen LogP contribution is 2.62. The first-order valence-electron chi connectivity index (χ1n) is 18.7. The number of fused-ring (bicyclic) bond motifs is 6. The summed E-state index contributed by atoms with van der Waals surface area (Å²) in [6, 6.07) is 1.43. The van der Waals surface area contributed by atoms with Crippen molar-refractivity contribution in [1.29, 1.82) is 0 Å². The molecule has 288 valence electrons. The Bertz CT molecular complexity index is 2140. The van der Waals surface area contributed by atoms with E-state index in [0.717, 1.165) is 19.6 Å². The summed E-state index contributed by atoms with van der Waals surface area (Å²) in [4.78, 5) is 64.7. The number of carbonyl (C=O) groups excluding carboxylic acids is 3. The number of aromatic nitrogens is 1. The van der Waals surface area contributed by atoms with E-state index in [9.17, 15) is 29.4 Å². The number of rotatable bonds is 8. The number of aliphatic imine (C=N–C) groups is 1. The van der Waals surface area contributed by atoms with Gasteiger partial charge in [0.05, 0.1) is 42.1 Å². The van der Waals surface area contributed by atoms with Crippen molar-refractivity contribution < 1.29 is 48.3 Å². The number of Topliss-reactive ketones (excluding diaryl/α,β-unsaturated/α-hetero) is 2. The number of aryl methyl sites for hydroxylation is 1. The monoisotopic (exact) mass is 753 g/mol. The molecule has 0 saturated carbocycles. The van der Waals surface area contributed by atoms with Crippen molar-refractivity contribution in [1.82, 2.24) is 9.88 Å². The second kappa shape index (κ2) is 14.8. The van der Waals surface area contributed by atoms with Gasteiger partial charge in [0.25, 0.3) is 5.56 Å². The SMILES string of the molecule is C/C=C/C=C/C=C/C(=O)O[C@@H]1C=CC[C@H]2C(=NCCCN3CCOCC3)c3c(O)c4c5c(c3O[C@H]12)OCO[C@@H]5C[C@@H]1C(=O)c2cc(C)[nH]c(=O)c2C(=O)[C@]41O. The zero-order chi connectivity index (χ0) is 38.4. The molecule has 0 amide bonds. The number of hydrogen-bond acceptors (Lipinski definition) is 13. The molecule has 1 aromatic heterocycles. The normalized spacial score (nSPS) is 29.1. The van der Waals surface area contributed by atoms with Gasteiger partial charge >= 0.3 is 5.97 Å². The van der Waals surface area contributed by atoms with Crippen LogP contribution in [0.5, 0.6) is 17.2 Å². The second-order valence-electron chi connectivity index (χ2n) is 14.5. The molecule has 4 heterocycles. The fourth-order valence-corrected chi connectivity index (χ4v) is 8.69. The molecule has 6 aliphatic rings. The molecule has 0 radical (unpaired) electrons. The van der Waals surface area contributed by atoms with Crippen LogP contribution in [0, 0.1) is 18.8 Å². The zero-order valence-corrected chi connectivity index (χ0v) is 30.6. The number of phenols is 1. The van der Waals surface area contributed by atoms with E-state index in [1.54, 1.807) is 31.2 Å². The number of nitrogens with zero attached hydrogens (tertiary/aromatic N) is 2. The van der Waals surface area contributed by atoms with Gasteiger partial charge in [-0.05, 0) is 45.3 Å². The Balaban J connectivity index is 1.24. The summed E-state index contributed by atoms with van der Waals surface area (Å²) in [6.07, 6.45) is 12.2. The summed E-state index contributed by atoms with van der Waals surface area (Å²) in [5.41, 5.74) is -3.21. The van der Waals surface area contributed by atoms with E-state index in [2.05, 4.69) is 9.88 Å². The lowest BCUT2D eigenvalue weighted by Gasteiger charge is -2.48. The summed E-state index contributed by atoms with van der Waals surface area (Å²) < 4.78 is 30.2. The number of hydrogen-bond donors (Lipinski definition) is 3. The molecule has 0 bridgehead atoms. The van der Waals surface area contributed by atoms with Crippen molar-refractivity contribution in [2.45, 2.75) is 57.0 Å². The standard InChI is InChI=1S/C41H43N3O11/c1-3-4-5-6-7-12-28(45)54-26-11-8-10-23-33(42-13-9-14-44-15-17-51-18-16-44)31-35(47)32-30-27(52-21-53-37(30)38(31)55-36(23)26)20-25-34(46)24-19-22(2)43-40(49)29(24)39(48)41(25,32)50/h3-8,11-12,19,23,25-27,36,47,50H,9-10,13-18,20-21H2,1-2H3,(H,43,49)/b4-3+,6-5+,12-7+,42-33?/t23-,25+,26+,27+,36-,41+/m0/s1. The van der Waals surface area contributed by atoms with Crippen LogP contribution in [0.15, 0.2) is 64.5 Å². The molecule has 3 aliphatic carbocycles. The van der Waals surface area contributed by atoms with Crippen LogP contribution in [0.3, 0.4) is 0 Å². The van der Waals surface area contributed by atoms with Crippen LogP contribution in [0.4, 0.5) is 0 Å². The summed E-state index contributed by atoms with van der Waals surface area (Å²) in [5.74, 6) is -4.40. The Morgan fingerprint density at radius 1 is 1.13 bits per heavy atom. The summed E-state index contributed by atoms with van der Waals surface area (Å²) in [6.45, 7) is 7.30. The predicted molar refractivity (Wildman–Crippen MR) is 198 cm³/mol. The lowest BCUT2D eigenvalue weighted by molar-refractivity contribution is -0.146. The maximum atomic E-state index is 14.4. The first-order chi connectivity index (χ1) is 26.6. The fraction of sp³-hybridized carbons (Fsp3) is 0.439. The van der Waals surface area contributed by atoms with E-state index >= 15 is 0 Å². The number of ether oxygens (including phenoxy) is 5. The molecule has 3 aliphatic heterocycles. The average molecular weight is 754 g/mol. The summed E-state index contributed by atoms with van der Waals surface area (Å²) >= 11 is 0. The van der Waals surface area contributed by atoms with Crippen LogP contribution in [0.25, 0.3) is 0 Å². The van der Waals surface area contributed by atoms with Crippen LogP contribution in [-0.2, 0) is 24.6 Å². The van der Waals surface area contributed by atoms with E-state index < -0.39 is 70.2 Å². The van der Waals surface area contributed by atoms with Gasteiger partial charge in [-0.2, -0.15) is 0 Å². The summed E-state index contributed by atoms with van der Waals surface area (Å²) in [7, 11) is 0. The Kier molecular flexibility index (Phi) is 9.92. The van der Waals surface area contributed by atoms with Gasteiger partial charge in [-0.25, -0.2) is 4.79 Å². The van der Waals surface area contributed by atoms with Crippen molar-refractivity contribution in [3.8, 4) is 17.2 Å². The number of pyridine rings is 1. The minimum atomic E-state index is -2.63. The number of H-pyrrole nitrogens is 1. The molecule has 6 atom stereocenters. The molecule has 0 spiro atoms. The number of benzene rings is 1. The number of ketones is 2. The van der Waals surface area contributed by atoms with Gasteiger partial charge in [0.15, 0.2) is 35.8 Å². The lowest BCUT2D eigenvalue weighted by Crippen LogP contribution is -2.56. The van der Waals surface area contributed by atoms with Gasteiger partial charge in [-0.15, -0.1) is 0 Å². The minimum absolute atomic E-state index is 0.0824. The lowest BCUT2D eigenvalue weighted by atomic mass is 9.60. The predicted octanol–water partition coefficient (Wildman–Crippen LogP) is 3.53. The Morgan fingerprint density at radius 3 is 2.73 bits per heavy atom. The molecule has 1 fully saturated rings. The number of carbonyl (C=O) groups is 3. The number of nitrogens with one attached hydrogen (secondary N) is 1. The molecule has 3 N–H and O–H groups in total. The Morgan fingerprint density at radius 2 is 1.93 bits per heavy atom. The average Bonchev–Trinajstić information content (AvgIpc) is 3.17. The van der Waals surface area contributed by atoms with E-state index in [-0.39, 0.29) is 47.0 Å². The molecule has 14 nitrogen and oxygen atoms in total. The number of aliphatic hydroxyl groups is 1. The Hall–Kier alpha value is -5.15. The smallest absolute Gasteiger partial charge is 0.331 e. The molecule has 0 unspecified atom stereocenters. The van der Waals surface area contributed by atoms with Gasteiger partial charge in [0.1, 0.15) is 11.9 Å². The molecule has 2 aromatic rings. The van der Waals surface area contributed by atoms with Gasteiger partial charge in [0, 0.05) is 60.6 Å². The van der Waals surface area contributed by atoms with Crippen molar-refractivity contribution in [2.75, 3.05) is 46.2 Å². The van der Waals surface area contributed by atoms with Crippen LogP contribution >= 0.6 is 0 Å². The molecule has 55 heavy (non-hydrogen) atoms. The van der Waals surface area contributed by atoms with Gasteiger partial charge in [-0.3, -0.25) is 24.3 Å². The van der Waals surface area contributed by atoms with E-state index in [0.29, 0.717) is 44.0 Å². The molecular formula is C41H43N3O11. The van der Waals surface area contributed by atoms with Crippen LogP contribution in [0.2, 0.25) is 0 Å². The highest BCUT2D eigenvalue weighted by atomic mass is 16.7. The van der Waals surface area contributed by atoms with Gasteiger partial charge in [0.2, 0.25) is 5.78 Å². The maximum absolute atomic E-state index is 14.4. The highest BCUT2D eigenvalue weighted by molar-refractivity contribution is 6.20. The van der Waals surface area contributed by atoms with Crippen molar-refractivity contribution in [2.24, 2.45) is 16.8 Å². The van der Waals surface area contributed by atoms with Crippen molar-refractivity contribution in [3.63, 3.8) is 0 Å². The van der Waals surface area contributed by atoms with Crippen molar-refractivity contribution in [3.05, 3.63) is 98.5 Å². The third kappa shape index (κ3) is 6.26. The first kappa shape index (κ1) is 36.8. The number of phenolic OH excluding ortho intramolecular Hbond substituents is 1. The van der Waals surface area contributed by atoms with Crippen molar-refractivity contribution >= 4 is 23.2 Å². The zero-order valence-electron chi connectivity index (χ0n) is 30.6. The second-order valence-corrected chi connectivity index (χ2v) is 14.5. The molecular weight excluding hydrogens is 710 g/mol. The topological polar surface area (TPSA) is 186 Å². The number of esters is 1. The minimum Gasteiger partial charge on any atom is -0.507 e. The molecule has 14 heteroatoms. The number of aromatic hydroxyl groups is 1. The number of aromatic amines is 1. The number of allylic oxidation sites excluding steroid dienone is 6. The van der Waals surface area contributed by atoms with Crippen LogP contribution < -0.4 is 15.0 Å². The summed E-state index contributed by atoms with van der Waals surface area (Å²) in [5, 5.41) is 25.1. The highest BCUT2D eigenvalue weighted by Gasteiger charge is 2.63.